The minimum atomic E-state index is 0.421. The first-order chi connectivity index (χ1) is 5.08. The SMILES string of the molecule is C=C(CBr)C1CCSC1(C)C. The summed E-state index contributed by atoms with van der Waals surface area (Å²) in [5.74, 6) is 2.01. The van der Waals surface area contributed by atoms with Crippen molar-refractivity contribution in [2.24, 2.45) is 5.92 Å². The van der Waals surface area contributed by atoms with Crippen LogP contribution >= 0.6 is 27.7 Å². The van der Waals surface area contributed by atoms with Crippen LogP contribution in [-0.4, -0.2) is 15.8 Å². The van der Waals surface area contributed by atoms with Gasteiger partial charge in [0, 0.05) is 10.1 Å². The van der Waals surface area contributed by atoms with E-state index in [1.165, 1.54) is 17.7 Å². The topological polar surface area (TPSA) is 0 Å². The summed E-state index contributed by atoms with van der Waals surface area (Å²) in [5.41, 5.74) is 1.36. The molecule has 2 heteroatoms. The van der Waals surface area contributed by atoms with Crippen molar-refractivity contribution < 1.29 is 0 Å². The largest absolute Gasteiger partial charge is 0.155 e. The van der Waals surface area contributed by atoms with Gasteiger partial charge in [-0.05, 0) is 18.1 Å². The van der Waals surface area contributed by atoms with E-state index in [9.17, 15) is 0 Å². The van der Waals surface area contributed by atoms with Gasteiger partial charge in [0.2, 0.25) is 0 Å². The summed E-state index contributed by atoms with van der Waals surface area (Å²) < 4.78 is 0.421. The van der Waals surface area contributed by atoms with Crippen LogP contribution < -0.4 is 0 Å². The maximum absolute atomic E-state index is 4.09. The highest BCUT2D eigenvalue weighted by molar-refractivity contribution is 9.09. The van der Waals surface area contributed by atoms with E-state index in [0.29, 0.717) is 10.7 Å². The number of hydrogen-bond acceptors (Lipinski definition) is 1. The molecule has 1 atom stereocenters. The maximum atomic E-state index is 4.09. The molecular weight excluding hydrogens is 220 g/mol. The summed E-state index contributed by atoms with van der Waals surface area (Å²) in [5, 5.41) is 0.960. The minimum Gasteiger partial charge on any atom is -0.155 e. The van der Waals surface area contributed by atoms with Gasteiger partial charge in [0.15, 0.2) is 0 Å². The molecule has 0 aromatic rings. The van der Waals surface area contributed by atoms with Crippen molar-refractivity contribution in [3.8, 4) is 0 Å². The van der Waals surface area contributed by atoms with E-state index in [-0.39, 0.29) is 0 Å². The molecule has 1 unspecified atom stereocenters. The van der Waals surface area contributed by atoms with Crippen LogP contribution in [0.5, 0.6) is 0 Å². The van der Waals surface area contributed by atoms with Crippen molar-refractivity contribution in [2.45, 2.75) is 25.0 Å². The lowest BCUT2D eigenvalue weighted by atomic mass is 9.87. The van der Waals surface area contributed by atoms with Crippen molar-refractivity contribution in [2.75, 3.05) is 11.1 Å². The van der Waals surface area contributed by atoms with E-state index >= 15 is 0 Å². The second kappa shape index (κ2) is 3.53. The summed E-state index contributed by atoms with van der Waals surface area (Å²) in [4.78, 5) is 0. The quantitative estimate of drug-likeness (QED) is 0.521. The lowest BCUT2D eigenvalue weighted by molar-refractivity contribution is 0.505. The van der Waals surface area contributed by atoms with Gasteiger partial charge in [0.05, 0.1) is 0 Å². The van der Waals surface area contributed by atoms with E-state index in [1.807, 2.05) is 0 Å². The lowest BCUT2D eigenvalue weighted by Crippen LogP contribution is -2.23. The molecule has 0 aromatic heterocycles. The first-order valence-corrected chi connectivity index (χ1v) is 6.06. The first kappa shape index (κ1) is 9.66. The van der Waals surface area contributed by atoms with E-state index in [0.717, 1.165) is 5.33 Å². The molecule has 1 aliphatic heterocycles. The average molecular weight is 235 g/mol. The van der Waals surface area contributed by atoms with Crippen LogP contribution in [0.15, 0.2) is 12.2 Å². The van der Waals surface area contributed by atoms with Gasteiger partial charge in [-0.3, -0.25) is 0 Å². The Bertz CT molecular complexity index is 163. The lowest BCUT2D eigenvalue weighted by Gasteiger charge is -2.26. The van der Waals surface area contributed by atoms with E-state index < -0.39 is 0 Å². The molecule has 0 N–H and O–H groups in total. The van der Waals surface area contributed by atoms with Crippen LogP contribution in [0.25, 0.3) is 0 Å². The number of hydrogen-bond donors (Lipinski definition) is 0. The third kappa shape index (κ3) is 2.03. The number of alkyl halides is 1. The predicted octanol–water partition coefficient (Wildman–Crippen LogP) is 3.47. The third-order valence-corrected chi connectivity index (χ3v) is 4.57. The summed E-state index contributed by atoms with van der Waals surface area (Å²) in [6.07, 6.45) is 1.31. The Balaban J connectivity index is 2.64. The second-order valence-corrected chi connectivity index (χ2v) is 5.89. The Morgan fingerprint density at radius 3 is 2.73 bits per heavy atom. The molecule has 0 aliphatic carbocycles. The molecule has 1 fully saturated rings. The van der Waals surface area contributed by atoms with Gasteiger partial charge >= 0.3 is 0 Å². The van der Waals surface area contributed by atoms with Crippen LogP contribution in [0.2, 0.25) is 0 Å². The van der Waals surface area contributed by atoms with E-state index in [2.05, 4.69) is 48.1 Å². The fourth-order valence-corrected chi connectivity index (χ4v) is 3.43. The van der Waals surface area contributed by atoms with Crippen LogP contribution in [-0.2, 0) is 0 Å². The zero-order valence-electron chi connectivity index (χ0n) is 7.19. The summed E-state index contributed by atoms with van der Waals surface area (Å²) >= 11 is 5.54. The van der Waals surface area contributed by atoms with Crippen molar-refractivity contribution in [3.63, 3.8) is 0 Å². The summed E-state index contributed by atoms with van der Waals surface area (Å²) in [6, 6.07) is 0. The zero-order chi connectivity index (χ0) is 8.48. The van der Waals surface area contributed by atoms with E-state index in [1.54, 1.807) is 0 Å². The zero-order valence-corrected chi connectivity index (χ0v) is 9.59. The van der Waals surface area contributed by atoms with Crippen LogP contribution in [0.4, 0.5) is 0 Å². The maximum Gasteiger partial charge on any atom is 0.0242 e. The Morgan fingerprint density at radius 2 is 2.36 bits per heavy atom. The molecule has 0 saturated carbocycles. The molecule has 1 heterocycles. The van der Waals surface area contributed by atoms with Crippen molar-refractivity contribution in [1.29, 1.82) is 0 Å². The van der Waals surface area contributed by atoms with Gasteiger partial charge in [-0.1, -0.05) is 41.9 Å². The predicted molar refractivity (Wildman–Crippen MR) is 57.6 cm³/mol. The number of thioether (sulfide) groups is 1. The summed E-state index contributed by atoms with van der Waals surface area (Å²) in [7, 11) is 0. The minimum absolute atomic E-state index is 0.421. The van der Waals surface area contributed by atoms with Gasteiger partial charge in [-0.15, -0.1) is 0 Å². The molecule has 0 nitrogen and oxygen atoms in total. The molecule has 64 valence electrons. The number of halogens is 1. The molecule has 1 aliphatic rings. The van der Waals surface area contributed by atoms with Gasteiger partial charge in [0.1, 0.15) is 0 Å². The first-order valence-electron chi connectivity index (χ1n) is 3.95. The highest BCUT2D eigenvalue weighted by atomic mass is 79.9. The monoisotopic (exact) mass is 234 g/mol. The van der Waals surface area contributed by atoms with Crippen LogP contribution in [0, 0.1) is 5.92 Å². The van der Waals surface area contributed by atoms with Gasteiger partial charge in [0.25, 0.3) is 0 Å². The second-order valence-electron chi connectivity index (χ2n) is 3.59. The Morgan fingerprint density at radius 1 is 1.73 bits per heavy atom. The van der Waals surface area contributed by atoms with Crippen LogP contribution in [0.3, 0.4) is 0 Å². The normalized spacial score (nSPS) is 28.8. The molecule has 0 bridgehead atoms. The highest BCUT2D eigenvalue weighted by Gasteiger charge is 2.36. The molecule has 1 rings (SSSR count). The molecule has 0 spiro atoms. The molecule has 0 amide bonds. The Labute approximate surface area is 82.0 Å². The van der Waals surface area contributed by atoms with Crippen molar-refractivity contribution in [3.05, 3.63) is 12.2 Å². The number of allylic oxidation sites excluding steroid dienone is 1. The smallest absolute Gasteiger partial charge is 0.0242 e. The molecule has 0 aromatic carbocycles. The van der Waals surface area contributed by atoms with Crippen molar-refractivity contribution >= 4 is 27.7 Å². The highest BCUT2D eigenvalue weighted by Crippen LogP contribution is 2.45. The van der Waals surface area contributed by atoms with Gasteiger partial charge in [-0.25, -0.2) is 0 Å². The molecule has 1 saturated heterocycles. The molecule has 0 radical (unpaired) electrons. The third-order valence-electron chi connectivity index (χ3n) is 2.38. The average Bonchev–Trinajstić information content (AvgIpc) is 2.28. The molecule has 11 heavy (non-hydrogen) atoms. The summed E-state index contributed by atoms with van der Waals surface area (Å²) in [6.45, 7) is 8.74. The van der Waals surface area contributed by atoms with E-state index in [4.69, 9.17) is 0 Å². The Hall–Kier alpha value is 0.570. The standard InChI is InChI=1S/C9H15BrS/c1-7(6-10)8-4-5-11-9(8,2)3/h8H,1,4-6H2,2-3H3. The number of rotatable bonds is 2. The Kier molecular flexibility index (Phi) is 3.10. The van der Waals surface area contributed by atoms with Crippen molar-refractivity contribution in [1.82, 2.24) is 0 Å². The molecular formula is C9H15BrS. The van der Waals surface area contributed by atoms with Gasteiger partial charge < -0.3 is 0 Å². The van der Waals surface area contributed by atoms with Gasteiger partial charge in [-0.2, -0.15) is 11.8 Å². The fourth-order valence-electron chi connectivity index (χ4n) is 1.68. The fraction of sp³-hybridized carbons (Fsp3) is 0.778. The van der Waals surface area contributed by atoms with Crippen LogP contribution in [0.1, 0.15) is 20.3 Å².